The highest BCUT2D eigenvalue weighted by atomic mass is 16.5. The van der Waals surface area contributed by atoms with Crippen LogP contribution in [0.3, 0.4) is 0 Å². The molecule has 0 unspecified atom stereocenters. The maximum atomic E-state index is 10.2. The highest BCUT2D eigenvalue weighted by Crippen LogP contribution is 2.43. The Hall–Kier alpha value is -5.48. The summed E-state index contributed by atoms with van der Waals surface area (Å²) in [6.07, 6.45) is 1.65. The van der Waals surface area contributed by atoms with Crippen LogP contribution < -0.4 is 18.9 Å². The van der Waals surface area contributed by atoms with E-state index in [9.17, 15) is 5.26 Å². The second-order valence-corrected chi connectivity index (χ2v) is 9.23. The van der Waals surface area contributed by atoms with Gasteiger partial charge in [0, 0.05) is 17.3 Å². The number of methoxy groups -OCH3 is 2. The van der Waals surface area contributed by atoms with E-state index in [4.69, 9.17) is 23.4 Å². The van der Waals surface area contributed by atoms with E-state index in [0.717, 1.165) is 28.0 Å². The van der Waals surface area contributed by atoms with E-state index in [1.807, 2.05) is 104 Å². The first-order chi connectivity index (χ1) is 20.6. The lowest BCUT2D eigenvalue weighted by Gasteiger charge is -2.12. The molecule has 0 aliphatic heterocycles. The molecule has 0 aliphatic carbocycles. The van der Waals surface area contributed by atoms with Crippen LogP contribution >= 0.6 is 0 Å². The van der Waals surface area contributed by atoms with Crippen LogP contribution in [-0.4, -0.2) is 27.0 Å². The summed E-state index contributed by atoms with van der Waals surface area (Å²) < 4.78 is 28.8. The second kappa shape index (κ2) is 13.2. The van der Waals surface area contributed by atoms with Crippen LogP contribution in [0.25, 0.3) is 22.5 Å². The van der Waals surface area contributed by atoms with Crippen molar-refractivity contribution in [1.29, 1.82) is 5.26 Å². The first kappa shape index (κ1) is 28.1. The zero-order chi connectivity index (χ0) is 29.3. The maximum absolute atomic E-state index is 10.2. The summed E-state index contributed by atoms with van der Waals surface area (Å²) in [4.78, 5) is 4.61. The largest absolute Gasteiger partial charge is 0.497 e. The monoisotopic (exact) mass is 558 g/mol. The van der Waals surface area contributed by atoms with Gasteiger partial charge in [-0.1, -0.05) is 42.5 Å². The molecule has 7 heteroatoms. The number of rotatable bonds is 11. The number of ether oxygens (including phenoxy) is 4. The third-order valence-corrected chi connectivity index (χ3v) is 6.57. The van der Waals surface area contributed by atoms with Crippen LogP contribution in [0.15, 0.2) is 106 Å². The molecule has 0 aliphatic rings. The smallest absolute Gasteiger partial charge is 0.238 e. The first-order valence-corrected chi connectivity index (χ1v) is 13.5. The Balaban J connectivity index is 1.50. The molecule has 0 saturated carbocycles. The molecule has 0 radical (unpaired) electrons. The Morgan fingerprint density at radius 2 is 1.45 bits per heavy atom. The Morgan fingerprint density at radius 1 is 0.786 bits per heavy atom. The molecule has 5 rings (SSSR count). The van der Waals surface area contributed by atoms with Crippen molar-refractivity contribution in [3.63, 3.8) is 0 Å². The van der Waals surface area contributed by atoms with Crippen molar-refractivity contribution in [3.8, 4) is 51.5 Å². The molecule has 0 saturated heterocycles. The SMILES string of the molecule is CCOc1cc(C=Nc2oc(-c3ccc(OC)cc3)c(-c3ccc(OC)cc3)c2C#N)ccc1OCc1ccccc1. The minimum absolute atomic E-state index is 0.205. The Bertz CT molecular complexity index is 1700. The summed E-state index contributed by atoms with van der Waals surface area (Å²) in [6, 6.07) is 32.8. The predicted octanol–water partition coefficient (Wildman–Crippen LogP) is 8.23. The van der Waals surface area contributed by atoms with Gasteiger partial charge in [0.15, 0.2) is 11.5 Å². The number of nitrogens with zero attached hydrogens (tertiary/aromatic N) is 2. The zero-order valence-electron chi connectivity index (χ0n) is 23.7. The minimum Gasteiger partial charge on any atom is -0.497 e. The van der Waals surface area contributed by atoms with Gasteiger partial charge in [0.1, 0.15) is 35.5 Å². The van der Waals surface area contributed by atoms with E-state index in [1.54, 1.807) is 20.4 Å². The standard InChI is InChI=1S/C35H30N2O5/c1-4-40-32-20-25(10-19-31(32)41-23-24-8-6-5-7-9-24)22-37-35-30(21-36)33(26-11-15-28(38-2)16-12-26)34(42-35)27-13-17-29(39-3)18-14-27/h5-20,22H,4,23H2,1-3H3. The van der Waals surface area contributed by atoms with Crippen molar-refractivity contribution >= 4 is 12.1 Å². The van der Waals surface area contributed by atoms with Crippen molar-refractivity contribution in [1.82, 2.24) is 0 Å². The molecule has 5 aromatic rings. The van der Waals surface area contributed by atoms with Crippen molar-refractivity contribution in [2.24, 2.45) is 4.99 Å². The number of aliphatic imine (C=N–C) groups is 1. The normalized spacial score (nSPS) is 10.8. The molecule has 0 atom stereocenters. The van der Waals surface area contributed by atoms with E-state index in [-0.39, 0.29) is 5.88 Å². The molecule has 4 aromatic carbocycles. The number of benzene rings is 4. The van der Waals surface area contributed by atoms with E-state index >= 15 is 0 Å². The van der Waals surface area contributed by atoms with Crippen LogP contribution in [0.5, 0.6) is 23.0 Å². The number of furan rings is 1. The average molecular weight is 559 g/mol. The zero-order valence-corrected chi connectivity index (χ0v) is 23.7. The molecular formula is C35H30N2O5. The lowest BCUT2D eigenvalue weighted by molar-refractivity contribution is 0.269. The number of hydrogen-bond donors (Lipinski definition) is 0. The van der Waals surface area contributed by atoms with E-state index < -0.39 is 0 Å². The maximum Gasteiger partial charge on any atom is 0.238 e. The van der Waals surface area contributed by atoms with Gasteiger partial charge in [-0.15, -0.1) is 0 Å². The van der Waals surface area contributed by atoms with E-state index in [1.165, 1.54) is 0 Å². The molecule has 1 aromatic heterocycles. The van der Waals surface area contributed by atoms with Crippen LogP contribution in [0.1, 0.15) is 23.6 Å². The summed E-state index contributed by atoms with van der Waals surface area (Å²) in [6.45, 7) is 2.83. The number of nitriles is 1. The molecule has 0 spiro atoms. The third kappa shape index (κ3) is 6.29. The highest BCUT2D eigenvalue weighted by Gasteiger charge is 2.23. The molecule has 42 heavy (non-hydrogen) atoms. The fourth-order valence-electron chi connectivity index (χ4n) is 4.45. The molecule has 0 fully saturated rings. The van der Waals surface area contributed by atoms with Gasteiger partial charge in [-0.3, -0.25) is 0 Å². The Morgan fingerprint density at radius 3 is 2.07 bits per heavy atom. The fourth-order valence-corrected chi connectivity index (χ4v) is 4.45. The molecule has 0 bridgehead atoms. The second-order valence-electron chi connectivity index (χ2n) is 9.23. The van der Waals surface area contributed by atoms with Gasteiger partial charge in [0.05, 0.1) is 20.8 Å². The molecular weight excluding hydrogens is 528 g/mol. The average Bonchev–Trinajstić information content (AvgIpc) is 3.42. The lowest BCUT2D eigenvalue weighted by Crippen LogP contribution is -2.00. The summed E-state index contributed by atoms with van der Waals surface area (Å²) in [5.74, 6) is 3.41. The van der Waals surface area contributed by atoms with E-state index in [2.05, 4.69) is 11.1 Å². The van der Waals surface area contributed by atoms with Crippen molar-refractivity contribution < 1.29 is 23.4 Å². The quantitative estimate of drug-likeness (QED) is 0.152. The summed E-state index contributed by atoms with van der Waals surface area (Å²) in [7, 11) is 3.23. The molecule has 7 nitrogen and oxygen atoms in total. The molecule has 210 valence electrons. The van der Waals surface area contributed by atoms with Crippen molar-refractivity contribution in [3.05, 3.63) is 114 Å². The van der Waals surface area contributed by atoms with Gasteiger partial charge >= 0.3 is 0 Å². The summed E-state index contributed by atoms with van der Waals surface area (Å²) >= 11 is 0. The van der Waals surface area contributed by atoms with Gasteiger partial charge in [-0.25, -0.2) is 4.99 Å². The van der Waals surface area contributed by atoms with Gasteiger partial charge < -0.3 is 23.4 Å². The molecule has 0 amide bonds. The third-order valence-electron chi connectivity index (χ3n) is 6.57. The highest BCUT2D eigenvalue weighted by molar-refractivity contribution is 5.90. The minimum atomic E-state index is 0.205. The first-order valence-electron chi connectivity index (χ1n) is 13.5. The number of hydrogen-bond acceptors (Lipinski definition) is 7. The van der Waals surface area contributed by atoms with Crippen LogP contribution in [0, 0.1) is 11.3 Å². The van der Waals surface area contributed by atoms with Gasteiger partial charge in [0.2, 0.25) is 5.88 Å². The molecule has 1 heterocycles. The van der Waals surface area contributed by atoms with Crippen LogP contribution in [0.2, 0.25) is 0 Å². The predicted molar refractivity (Wildman–Crippen MR) is 163 cm³/mol. The molecule has 0 N–H and O–H groups in total. The van der Waals surface area contributed by atoms with Crippen LogP contribution in [-0.2, 0) is 6.61 Å². The van der Waals surface area contributed by atoms with Crippen LogP contribution in [0.4, 0.5) is 5.88 Å². The Kier molecular flexibility index (Phi) is 8.85. The summed E-state index contributed by atoms with van der Waals surface area (Å²) in [5, 5.41) is 10.2. The Labute approximate surface area is 245 Å². The summed E-state index contributed by atoms with van der Waals surface area (Å²) in [5.41, 5.74) is 4.41. The lowest BCUT2D eigenvalue weighted by atomic mass is 9.98. The van der Waals surface area contributed by atoms with Crippen molar-refractivity contribution in [2.75, 3.05) is 20.8 Å². The van der Waals surface area contributed by atoms with Gasteiger partial charge in [0.25, 0.3) is 0 Å². The van der Waals surface area contributed by atoms with Gasteiger partial charge in [-0.05, 0) is 78.2 Å². The van der Waals surface area contributed by atoms with Gasteiger partial charge in [-0.2, -0.15) is 5.26 Å². The topological polar surface area (TPSA) is 86.2 Å². The van der Waals surface area contributed by atoms with Crippen molar-refractivity contribution in [2.45, 2.75) is 13.5 Å². The fraction of sp³-hybridized carbons (Fsp3) is 0.143. The van der Waals surface area contributed by atoms with E-state index in [0.29, 0.717) is 47.3 Å².